The molecule has 0 unspecified atom stereocenters. The largest absolute Gasteiger partial charge is 0.333 e. The molecule has 0 atom stereocenters. The minimum atomic E-state index is -4.05. The number of nitrogens with one attached hydrogen (secondary N) is 2. The average molecular weight is 491 g/mol. The molecule has 0 fully saturated rings. The Morgan fingerprint density at radius 3 is 2.62 bits per heavy atom. The molecule has 2 aromatic carbocycles. The van der Waals surface area contributed by atoms with Gasteiger partial charge in [-0.2, -0.15) is 0 Å². The number of urea groups is 1. The molecular weight excluding hydrogens is 475 g/mol. The highest BCUT2D eigenvalue weighted by Crippen LogP contribution is 2.21. The first-order chi connectivity index (χ1) is 15.1. The highest BCUT2D eigenvalue weighted by molar-refractivity contribution is 7.92. The van der Waals surface area contributed by atoms with Gasteiger partial charge in [-0.1, -0.05) is 0 Å². The van der Waals surface area contributed by atoms with E-state index >= 15 is 0 Å². The standard InChI is InChI=1S/C20H15FN4O4S3/c1-11-2-7-18(31-11)32(28,29)24-20(27)23-12-3-6-17(15(21)8-12)25-10-22-16-5-4-13(30)9-14(16)19(25)26/h2-10,30H,1H3,(H2,23,24,27). The Morgan fingerprint density at radius 1 is 1.16 bits per heavy atom. The van der Waals surface area contributed by atoms with E-state index in [0.29, 0.717) is 10.4 Å². The second kappa shape index (κ2) is 8.37. The number of rotatable bonds is 4. The van der Waals surface area contributed by atoms with Crippen LogP contribution in [-0.4, -0.2) is 24.0 Å². The SMILES string of the molecule is Cc1ccc(S(=O)(=O)NC(=O)Nc2ccc(-n3cnc4ccc(S)cc4c3=O)c(F)c2)s1. The second-order valence-corrected chi connectivity index (χ2v) is 10.4. The number of aromatic nitrogens is 2. The zero-order valence-electron chi connectivity index (χ0n) is 16.4. The summed E-state index contributed by atoms with van der Waals surface area (Å²) in [6, 6.07) is 10.4. The van der Waals surface area contributed by atoms with E-state index in [1.807, 2.05) is 4.72 Å². The average Bonchev–Trinajstić information content (AvgIpc) is 3.16. The molecule has 4 aromatic rings. The van der Waals surface area contributed by atoms with Crippen LogP contribution >= 0.6 is 24.0 Å². The number of halogens is 1. The molecule has 0 bridgehead atoms. The van der Waals surface area contributed by atoms with Crippen molar-refractivity contribution in [3.8, 4) is 5.69 Å². The van der Waals surface area contributed by atoms with Crippen LogP contribution in [0.4, 0.5) is 14.9 Å². The summed E-state index contributed by atoms with van der Waals surface area (Å²) in [7, 11) is -4.05. The molecular formula is C20H15FN4O4S3. The van der Waals surface area contributed by atoms with Gasteiger partial charge in [0.25, 0.3) is 15.6 Å². The Kier molecular flexibility index (Phi) is 5.75. The molecule has 8 nitrogen and oxygen atoms in total. The maximum absolute atomic E-state index is 14.8. The number of benzene rings is 2. The number of carbonyl (C=O) groups is 1. The Hall–Kier alpha value is -3.22. The van der Waals surface area contributed by atoms with Crippen molar-refractivity contribution < 1.29 is 17.6 Å². The van der Waals surface area contributed by atoms with Crippen molar-refractivity contribution >= 4 is 56.6 Å². The van der Waals surface area contributed by atoms with Crippen molar-refractivity contribution in [3.63, 3.8) is 0 Å². The number of aryl methyl sites for hydroxylation is 1. The van der Waals surface area contributed by atoms with Crippen LogP contribution in [0.5, 0.6) is 0 Å². The molecule has 2 aromatic heterocycles. The summed E-state index contributed by atoms with van der Waals surface area (Å²) in [6.45, 7) is 1.74. The van der Waals surface area contributed by atoms with Gasteiger partial charge in [-0.25, -0.2) is 27.3 Å². The maximum Gasteiger partial charge on any atom is 0.333 e. The molecule has 0 aliphatic heterocycles. The summed E-state index contributed by atoms with van der Waals surface area (Å²) in [5.41, 5.74) is -0.121. The zero-order valence-corrected chi connectivity index (χ0v) is 18.9. The van der Waals surface area contributed by atoms with Gasteiger partial charge in [0.05, 0.1) is 16.6 Å². The van der Waals surface area contributed by atoms with E-state index in [9.17, 15) is 22.4 Å². The highest BCUT2D eigenvalue weighted by atomic mass is 32.2. The number of thiophene rings is 1. The topological polar surface area (TPSA) is 110 Å². The Bertz CT molecular complexity index is 1530. The van der Waals surface area contributed by atoms with Crippen LogP contribution in [0.25, 0.3) is 16.6 Å². The minimum absolute atomic E-state index is 0.000696. The van der Waals surface area contributed by atoms with Gasteiger partial charge in [-0.05, 0) is 55.5 Å². The molecule has 0 aliphatic rings. The highest BCUT2D eigenvalue weighted by Gasteiger charge is 2.20. The first kappa shape index (κ1) is 22.0. The molecule has 0 radical (unpaired) electrons. The summed E-state index contributed by atoms with van der Waals surface area (Å²) in [5.74, 6) is -0.815. The van der Waals surface area contributed by atoms with E-state index in [4.69, 9.17) is 0 Å². The normalized spacial score (nSPS) is 11.5. The fourth-order valence-electron chi connectivity index (χ4n) is 2.95. The van der Waals surface area contributed by atoms with Gasteiger partial charge in [0.15, 0.2) is 0 Å². The molecule has 2 N–H and O–H groups in total. The number of fused-ring (bicyclic) bond motifs is 1. The lowest BCUT2D eigenvalue weighted by atomic mass is 10.2. The maximum atomic E-state index is 14.8. The second-order valence-electron chi connectivity index (χ2n) is 6.71. The molecule has 32 heavy (non-hydrogen) atoms. The molecule has 0 spiro atoms. The number of hydrogen-bond donors (Lipinski definition) is 3. The van der Waals surface area contributed by atoms with Crippen LogP contribution in [-0.2, 0) is 10.0 Å². The van der Waals surface area contributed by atoms with Crippen LogP contribution in [0.2, 0.25) is 0 Å². The van der Waals surface area contributed by atoms with E-state index in [-0.39, 0.29) is 21.0 Å². The molecule has 2 amide bonds. The quantitative estimate of drug-likeness (QED) is 0.378. The van der Waals surface area contributed by atoms with Crippen molar-refractivity contribution in [1.82, 2.24) is 14.3 Å². The van der Waals surface area contributed by atoms with Crippen molar-refractivity contribution in [3.05, 3.63) is 75.9 Å². The third-order valence-electron chi connectivity index (χ3n) is 4.41. The Balaban J connectivity index is 1.58. The van der Waals surface area contributed by atoms with E-state index in [0.717, 1.165) is 26.8 Å². The third kappa shape index (κ3) is 4.38. The molecule has 12 heteroatoms. The number of sulfonamides is 1. The molecule has 0 saturated carbocycles. The van der Waals surface area contributed by atoms with Crippen LogP contribution < -0.4 is 15.6 Å². The summed E-state index contributed by atoms with van der Waals surface area (Å²) in [6.07, 6.45) is 1.21. The molecule has 4 rings (SSSR count). The van der Waals surface area contributed by atoms with E-state index < -0.39 is 27.4 Å². The predicted molar refractivity (Wildman–Crippen MR) is 123 cm³/mol. The van der Waals surface area contributed by atoms with Crippen LogP contribution in [0, 0.1) is 12.7 Å². The van der Waals surface area contributed by atoms with Gasteiger partial charge in [0.2, 0.25) is 0 Å². The van der Waals surface area contributed by atoms with Gasteiger partial charge in [0.1, 0.15) is 16.4 Å². The van der Waals surface area contributed by atoms with Gasteiger partial charge >= 0.3 is 6.03 Å². The first-order valence-electron chi connectivity index (χ1n) is 9.04. The minimum Gasteiger partial charge on any atom is -0.307 e. The number of anilines is 1. The fraction of sp³-hybridized carbons (Fsp3) is 0.0500. The van der Waals surface area contributed by atoms with Crippen LogP contribution in [0.15, 0.2) is 68.8 Å². The van der Waals surface area contributed by atoms with Gasteiger partial charge < -0.3 is 5.32 Å². The summed E-state index contributed by atoms with van der Waals surface area (Å²) in [5, 5.41) is 2.54. The monoisotopic (exact) mass is 490 g/mol. The lowest BCUT2D eigenvalue weighted by molar-refractivity contribution is 0.256. The van der Waals surface area contributed by atoms with Crippen molar-refractivity contribution in [2.75, 3.05) is 5.32 Å². The number of thiol groups is 1. The zero-order chi connectivity index (χ0) is 23.0. The predicted octanol–water partition coefficient (Wildman–Crippen LogP) is 3.69. The Morgan fingerprint density at radius 2 is 1.94 bits per heavy atom. The molecule has 0 aliphatic carbocycles. The summed E-state index contributed by atoms with van der Waals surface area (Å²) in [4.78, 5) is 30.4. The molecule has 164 valence electrons. The number of hydrogen-bond acceptors (Lipinski definition) is 7. The smallest absolute Gasteiger partial charge is 0.307 e. The Labute approximate surface area is 191 Å². The van der Waals surface area contributed by atoms with Gasteiger partial charge in [0, 0.05) is 15.5 Å². The number of amides is 2. The lowest BCUT2D eigenvalue weighted by Gasteiger charge is -2.11. The van der Waals surface area contributed by atoms with Crippen molar-refractivity contribution in [2.45, 2.75) is 16.0 Å². The van der Waals surface area contributed by atoms with E-state index in [1.54, 1.807) is 25.1 Å². The van der Waals surface area contributed by atoms with Gasteiger partial charge in [-0.3, -0.25) is 9.36 Å². The van der Waals surface area contributed by atoms with Crippen LogP contribution in [0.3, 0.4) is 0 Å². The molecule has 2 heterocycles. The summed E-state index contributed by atoms with van der Waals surface area (Å²) >= 11 is 5.22. The number of carbonyl (C=O) groups excluding carboxylic acids is 1. The summed E-state index contributed by atoms with van der Waals surface area (Å²) < 4.78 is 42.1. The fourth-order valence-corrected chi connectivity index (χ4v) is 5.34. The van der Waals surface area contributed by atoms with E-state index in [2.05, 4.69) is 22.9 Å². The lowest BCUT2D eigenvalue weighted by Crippen LogP contribution is -2.34. The van der Waals surface area contributed by atoms with Crippen LogP contribution in [0.1, 0.15) is 4.88 Å². The van der Waals surface area contributed by atoms with Gasteiger partial charge in [-0.15, -0.1) is 24.0 Å². The third-order valence-corrected chi connectivity index (χ3v) is 7.52. The number of nitrogens with zero attached hydrogens (tertiary/aromatic N) is 2. The van der Waals surface area contributed by atoms with Crippen molar-refractivity contribution in [2.24, 2.45) is 0 Å². The molecule has 0 saturated heterocycles. The first-order valence-corrected chi connectivity index (χ1v) is 11.8. The van der Waals surface area contributed by atoms with Crippen molar-refractivity contribution in [1.29, 1.82) is 0 Å². The van der Waals surface area contributed by atoms with E-state index in [1.165, 1.54) is 30.6 Å².